The Balaban J connectivity index is 0.00000341. The summed E-state index contributed by atoms with van der Waals surface area (Å²) in [7, 11) is 0. The topological polar surface area (TPSA) is 46.1 Å². The van der Waals surface area contributed by atoms with Gasteiger partial charge in [-0.05, 0) is 56.7 Å². The van der Waals surface area contributed by atoms with Crippen LogP contribution in [0.5, 0.6) is 0 Å². The van der Waals surface area contributed by atoms with E-state index in [4.69, 9.17) is 9.47 Å². The number of rotatable bonds is 6. The fourth-order valence-electron chi connectivity index (χ4n) is 3.85. The summed E-state index contributed by atoms with van der Waals surface area (Å²) in [4.78, 5) is 6.74. The van der Waals surface area contributed by atoms with Crippen molar-refractivity contribution in [2.75, 3.05) is 32.8 Å². The van der Waals surface area contributed by atoms with Gasteiger partial charge < -0.3 is 19.7 Å². The molecular weight excluding hydrogens is 522 g/mol. The Morgan fingerprint density at radius 1 is 1.23 bits per heavy atom. The first kappa shape index (κ1) is 26.2. The van der Waals surface area contributed by atoms with Crippen LogP contribution in [0.3, 0.4) is 0 Å². The number of hydrogen-bond acceptors (Lipinski definition) is 3. The minimum absolute atomic E-state index is 0. The number of nitrogens with one attached hydrogen (secondary N) is 1. The van der Waals surface area contributed by atoms with Crippen LogP contribution in [0, 0.1) is 0 Å². The van der Waals surface area contributed by atoms with Crippen molar-refractivity contribution in [1.29, 1.82) is 0 Å². The lowest BCUT2D eigenvalue weighted by Crippen LogP contribution is -2.47. The highest BCUT2D eigenvalue weighted by Gasteiger charge is 2.30. The molecule has 1 aromatic carbocycles. The van der Waals surface area contributed by atoms with Crippen molar-refractivity contribution >= 4 is 29.9 Å². The summed E-state index contributed by atoms with van der Waals surface area (Å²) in [6, 6.07) is 5.36. The van der Waals surface area contributed by atoms with Crippen molar-refractivity contribution in [3.63, 3.8) is 0 Å². The van der Waals surface area contributed by atoms with Crippen LogP contribution >= 0.6 is 24.0 Å². The molecule has 0 aromatic heterocycles. The fraction of sp³-hybridized carbons (Fsp3) is 0.682. The number of halogens is 4. The first-order valence-electron chi connectivity index (χ1n) is 10.9. The van der Waals surface area contributed by atoms with Gasteiger partial charge in [-0.1, -0.05) is 12.1 Å². The molecule has 0 saturated carbocycles. The molecule has 0 spiro atoms. The number of hydrogen-bond donors (Lipinski definition) is 1. The van der Waals surface area contributed by atoms with Gasteiger partial charge in [0.15, 0.2) is 5.96 Å². The zero-order valence-electron chi connectivity index (χ0n) is 18.0. The van der Waals surface area contributed by atoms with E-state index in [0.29, 0.717) is 18.7 Å². The SMILES string of the molecule is CCNC(=NCc1cccc(C(F)(F)F)c1)N1CCC(OCC2CCCCO2)CC1.I. The Kier molecular flexibility index (Phi) is 10.8. The summed E-state index contributed by atoms with van der Waals surface area (Å²) < 4.78 is 50.6. The van der Waals surface area contributed by atoms with Gasteiger partial charge in [-0.15, -0.1) is 24.0 Å². The van der Waals surface area contributed by atoms with Gasteiger partial charge in [0.05, 0.1) is 30.9 Å². The molecule has 9 heteroatoms. The Morgan fingerprint density at radius 2 is 2.00 bits per heavy atom. The van der Waals surface area contributed by atoms with Gasteiger partial charge in [-0.2, -0.15) is 13.2 Å². The van der Waals surface area contributed by atoms with E-state index in [2.05, 4.69) is 15.2 Å². The van der Waals surface area contributed by atoms with Crippen LogP contribution in [0.25, 0.3) is 0 Å². The van der Waals surface area contributed by atoms with Gasteiger partial charge >= 0.3 is 6.18 Å². The number of nitrogens with zero attached hydrogens (tertiary/aromatic N) is 2. The van der Waals surface area contributed by atoms with Gasteiger partial charge in [0.2, 0.25) is 0 Å². The second-order valence-corrected chi connectivity index (χ2v) is 7.88. The third kappa shape index (κ3) is 8.42. The molecule has 1 N–H and O–H groups in total. The highest BCUT2D eigenvalue weighted by atomic mass is 127. The van der Waals surface area contributed by atoms with Crippen LogP contribution in [-0.2, 0) is 22.2 Å². The Morgan fingerprint density at radius 3 is 2.65 bits per heavy atom. The summed E-state index contributed by atoms with van der Waals surface area (Å²) in [6.07, 6.45) is 1.34. The van der Waals surface area contributed by atoms with E-state index >= 15 is 0 Å². The van der Waals surface area contributed by atoms with Gasteiger partial charge in [0.25, 0.3) is 0 Å². The largest absolute Gasteiger partial charge is 0.416 e. The van der Waals surface area contributed by atoms with Crippen molar-refractivity contribution in [2.24, 2.45) is 4.99 Å². The van der Waals surface area contributed by atoms with Gasteiger partial charge in [-0.25, -0.2) is 4.99 Å². The quantitative estimate of drug-likeness (QED) is 0.310. The smallest absolute Gasteiger partial charge is 0.376 e. The van der Waals surface area contributed by atoms with Crippen LogP contribution in [-0.4, -0.2) is 55.9 Å². The van der Waals surface area contributed by atoms with E-state index in [0.717, 1.165) is 57.4 Å². The Labute approximate surface area is 199 Å². The van der Waals surface area contributed by atoms with Crippen LogP contribution < -0.4 is 5.32 Å². The van der Waals surface area contributed by atoms with E-state index in [1.807, 2.05) is 6.92 Å². The molecule has 1 unspecified atom stereocenters. The van der Waals surface area contributed by atoms with E-state index in [1.54, 1.807) is 6.07 Å². The first-order valence-corrected chi connectivity index (χ1v) is 10.9. The average molecular weight is 555 g/mol. The van der Waals surface area contributed by atoms with Crippen LogP contribution in [0.1, 0.15) is 50.2 Å². The average Bonchev–Trinajstić information content (AvgIpc) is 2.76. The minimum atomic E-state index is -4.34. The fourth-order valence-corrected chi connectivity index (χ4v) is 3.85. The summed E-state index contributed by atoms with van der Waals surface area (Å²) in [5.74, 6) is 0.740. The molecular formula is C22H33F3IN3O2. The predicted molar refractivity (Wildman–Crippen MR) is 126 cm³/mol. The molecule has 0 radical (unpaired) electrons. The number of alkyl halides is 3. The highest BCUT2D eigenvalue weighted by Crippen LogP contribution is 2.29. The second-order valence-electron chi connectivity index (χ2n) is 7.88. The van der Waals surface area contributed by atoms with Crippen molar-refractivity contribution in [3.8, 4) is 0 Å². The van der Waals surface area contributed by atoms with Crippen LogP contribution in [0.4, 0.5) is 13.2 Å². The molecule has 2 fully saturated rings. The minimum Gasteiger partial charge on any atom is -0.376 e. The molecule has 3 rings (SSSR count). The molecule has 0 bridgehead atoms. The maximum absolute atomic E-state index is 12.9. The number of ether oxygens (including phenoxy) is 2. The molecule has 176 valence electrons. The molecule has 31 heavy (non-hydrogen) atoms. The Bertz CT molecular complexity index is 689. The standard InChI is InChI=1S/C22H32F3N3O2.HI/c1-2-26-21(27-15-17-6-5-7-18(14-17)22(23,24)25)28-11-9-19(10-12-28)30-16-20-8-3-4-13-29-20;/h5-7,14,19-20H,2-4,8-13,15-16H2,1H3,(H,26,27);1H. The zero-order chi connectivity index (χ0) is 21.4. The summed E-state index contributed by atoms with van der Waals surface area (Å²) >= 11 is 0. The van der Waals surface area contributed by atoms with Crippen molar-refractivity contribution in [1.82, 2.24) is 10.2 Å². The second kappa shape index (κ2) is 12.8. The van der Waals surface area contributed by atoms with E-state index in [1.165, 1.54) is 18.6 Å². The monoisotopic (exact) mass is 555 g/mol. The van der Waals surface area contributed by atoms with E-state index in [-0.39, 0.29) is 42.7 Å². The van der Waals surface area contributed by atoms with Crippen molar-refractivity contribution in [3.05, 3.63) is 35.4 Å². The normalized spacial score (nSPS) is 21.0. The third-order valence-corrected chi connectivity index (χ3v) is 5.53. The molecule has 5 nitrogen and oxygen atoms in total. The third-order valence-electron chi connectivity index (χ3n) is 5.53. The number of piperidine rings is 1. The summed E-state index contributed by atoms with van der Waals surface area (Å²) in [5, 5.41) is 3.26. The van der Waals surface area contributed by atoms with Gasteiger partial charge in [-0.3, -0.25) is 0 Å². The molecule has 2 aliphatic rings. The number of benzene rings is 1. The maximum atomic E-state index is 12.9. The van der Waals surface area contributed by atoms with Gasteiger partial charge in [0.1, 0.15) is 0 Å². The van der Waals surface area contributed by atoms with Crippen LogP contribution in [0.15, 0.2) is 29.3 Å². The number of guanidine groups is 1. The van der Waals surface area contributed by atoms with Gasteiger partial charge in [0, 0.05) is 26.2 Å². The number of aliphatic imine (C=N–C) groups is 1. The maximum Gasteiger partial charge on any atom is 0.416 e. The molecule has 2 saturated heterocycles. The lowest BCUT2D eigenvalue weighted by atomic mass is 10.1. The first-order chi connectivity index (χ1) is 14.5. The highest BCUT2D eigenvalue weighted by molar-refractivity contribution is 14.0. The van der Waals surface area contributed by atoms with E-state index < -0.39 is 11.7 Å². The molecule has 1 aromatic rings. The van der Waals surface area contributed by atoms with Crippen LogP contribution in [0.2, 0.25) is 0 Å². The Hall–Kier alpha value is -1.07. The molecule has 1 atom stereocenters. The molecule has 2 aliphatic heterocycles. The summed E-state index contributed by atoms with van der Waals surface area (Å²) in [6.45, 7) is 6.02. The summed E-state index contributed by atoms with van der Waals surface area (Å²) in [5.41, 5.74) is -0.0916. The lowest BCUT2D eigenvalue weighted by Gasteiger charge is -2.35. The number of likely N-dealkylation sites (tertiary alicyclic amines) is 1. The molecule has 0 amide bonds. The van der Waals surface area contributed by atoms with E-state index in [9.17, 15) is 13.2 Å². The zero-order valence-corrected chi connectivity index (χ0v) is 20.3. The molecule has 2 heterocycles. The molecule has 0 aliphatic carbocycles. The van der Waals surface area contributed by atoms with Crippen molar-refractivity contribution < 1.29 is 22.6 Å². The lowest BCUT2D eigenvalue weighted by molar-refractivity contribution is -0.137. The van der Waals surface area contributed by atoms with Crippen molar-refractivity contribution in [2.45, 2.75) is 64.0 Å². The predicted octanol–water partition coefficient (Wildman–Crippen LogP) is 4.84.